The van der Waals surface area contributed by atoms with Crippen molar-refractivity contribution in [2.75, 3.05) is 26.0 Å². The Balaban J connectivity index is 2.04. The summed E-state index contributed by atoms with van der Waals surface area (Å²) in [6, 6.07) is 7.77. The van der Waals surface area contributed by atoms with Gasteiger partial charge >= 0.3 is 0 Å². The molecule has 0 heterocycles. The molecule has 0 atom stereocenters. The Bertz CT molecular complexity index is 409. The first-order valence-corrected chi connectivity index (χ1v) is 6.73. The minimum Gasteiger partial charge on any atom is -0.384 e. The SMILES string of the molecule is CN(C)C(=O)c1ccccc1NCC1CCCC1. The molecule has 2 rings (SSSR count). The first-order chi connectivity index (χ1) is 8.68. The largest absolute Gasteiger partial charge is 0.384 e. The number of anilines is 1. The van der Waals surface area contributed by atoms with Crippen LogP contribution in [0.1, 0.15) is 36.0 Å². The first-order valence-electron chi connectivity index (χ1n) is 6.73. The van der Waals surface area contributed by atoms with E-state index in [1.165, 1.54) is 25.7 Å². The van der Waals surface area contributed by atoms with E-state index in [-0.39, 0.29) is 5.91 Å². The summed E-state index contributed by atoms with van der Waals surface area (Å²) < 4.78 is 0. The summed E-state index contributed by atoms with van der Waals surface area (Å²) in [5, 5.41) is 3.44. The van der Waals surface area contributed by atoms with E-state index in [9.17, 15) is 4.79 Å². The second-order valence-electron chi connectivity index (χ2n) is 5.28. The molecule has 3 heteroatoms. The number of nitrogens with zero attached hydrogens (tertiary/aromatic N) is 1. The summed E-state index contributed by atoms with van der Waals surface area (Å²) in [6.07, 6.45) is 5.34. The molecular weight excluding hydrogens is 224 g/mol. The summed E-state index contributed by atoms with van der Waals surface area (Å²) in [4.78, 5) is 13.7. The Morgan fingerprint density at radius 1 is 1.28 bits per heavy atom. The van der Waals surface area contributed by atoms with Crippen LogP contribution in [0, 0.1) is 5.92 Å². The highest BCUT2D eigenvalue weighted by Crippen LogP contribution is 2.25. The maximum absolute atomic E-state index is 12.0. The van der Waals surface area contributed by atoms with Crippen LogP contribution >= 0.6 is 0 Å². The Labute approximate surface area is 109 Å². The van der Waals surface area contributed by atoms with E-state index in [0.717, 1.165) is 23.7 Å². The normalized spacial score (nSPS) is 15.7. The van der Waals surface area contributed by atoms with Gasteiger partial charge in [0.1, 0.15) is 0 Å². The number of nitrogens with one attached hydrogen (secondary N) is 1. The number of amides is 1. The van der Waals surface area contributed by atoms with Crippen LogP contribution < -0.4 is 5.32 Å². The summed E-state index contributed by atoms with van der Waals surface area (Å²) in [6.45, 7) is 0.984. The third kappa shape index (κ3) is 3.03. The number of benzene rings is 1. The minimum atomic E-state index is 0.0597. The maximum atomic E-state index is 12.0. The second-order valence-corrected chi connectivity index (χ2v) is 5.28. The highest BCUT2D eigenvalue weighted by Gasteiger charge is 2.16. The van der Waals surface area contributed by atoms with Crippen molar-refractivity contribution in [3.63, 3.8) is 0 Å². The summed E-state index contributed by atoms with van der Waals surface area (Å²) in [5.74, 6) is 0.831. The lowest BCUT2D eigenvalue weighted by molar-refractivity contribution is 0.0828. The molecule has 0 bridgehead atoms. The van der Waals surface area contributed by atoms with Crippen molar-refractivity contribution >= 4 is 11.6 Å². The zero-order chi connectivity index (χ0) is 13.0. The van der Waals surface area contributed by atoms with E-state index in [0.29, 0.717) is 0 Å². The molecule has 1 aromatic rings. The van der Waals surface area contributed by atoms with Crippen LogP contribution in [0.15, 0.2) is 24.3 Å². The average molecular weight is 246 g/mol. The van der Waals surface area contributed by atoms with Gasteiger partial charge in [0.25, 0.3) is 5.91 Å². The van der Waals surface area contributed by atoms with Crippen LogP contribution in [0.2, 0.25) is 0 Å². The van der Waals surface area contributed by atoms with Crippen LogP contribution in [0.3, 0.4) is 0 Å². The van der Waals surface area contributed by atoms with Crippen molar-refractivity contribution < 1.29 is 4.79 Å². The molecule has 1 N–H and O–H groups in total. The van der Waals surface area contributed by atoms with Gasteiger partial charge in [-0.3, -0.25) is 4.79 Å². The fourth-order valence-electron chi connectivity index (χ4n) is 2.53. The molecule has 3 nitrogen and oxygen atoms in total. The molecule has 0 spiro atoms. The highest BCUT2D eigenvalue weighted by atomic mass is 16.2. The van der Waals surface area contributed by atoms with E-state index < -0.39 is 0 Å². The van der Waals surface area contributed by atoms with Crippen molar-refractivity contribution in [2.45, 2.75) is 25.7 Å². The van der Waals surface area contributed by atoms with E-state index in [4.69, 9.17) is 0 Å². The summed E-state index contributed by atoms with van der Waals surface area (Å²) in [5.41, 5.74) is 1.73. The smallest absolute Gasteiger partial charge is 0.255 e. The number of carbonyl (C=O) groups is 1. The first kappa shape index (κ1) is 12.9. The van der Waals surface area contributed by atoms with Gasteiger partial charge in [-0.25, -0.2) is 0 Å². The maximum Gasteiger partial charge on any atom is 0.255 e. The third-order valence-corrected chi connectivity index (χ3v) is 3.62. The van der Waals surface area contributed by atoms with Crippen molar-refractivity contribution in [3.05, 3.63) is 29.8 Å². The number of rotatable bonds is 4. The van der Waals surface area contributed by atoms with Gasteiger partial charge in [-0.2, -0.15) is 0 Å². The minimum absolute atomic E-state index is 0.0597. The van der Waals surface area contributed by atoms with Crippen molar-refractivity contribution in [3.8, 4) is 0 Å². The number of hydrogen-bond acceptors (Lipinski definition) is 2. The average Bonchev–Trinajstić information content (AvgIpc) is 2.89. The van der Waals surface area contributed by atoms with E-state index >= 15 is 0 Å². The molecule has 1 aliphatic carbocycles. The van der Waals surface area contributed by atoms with Gasteiger partial charge in [-0.1, -0.05) is 25.0 Å². The topological polar surface area (TPSA) is 32.3 Å². The Kier molecular flexibility index (Phi) is 4.24. The van der Waals surface area contributed by atoms with Gasteiger partial charge in [0.2, 0.25) is 0 Å². The van der Waals surface area contributed by atoms with Crippen LogP contribution in [0.5, 0.6) is 0 Å². The lowest BCUT2D eigenvalue weighted by Gasteiger charge is -2.17. The zero-order valence-corrected chi connectivity index (χ0v) is 11.3. The van der Waals surface area contributed by atoms with Gasteiger partial charge in [-0.15, -0.1) is 0 Å². The molecule has 1 aromatic carbocycles. The molecule has 0 saturated heterocycles. The zero-order valence-electron chi connectivity index (χ0n) is 11.3. The van der Waals surface area contributed by atoms with E-state index in [1.807, 2.05) is 24.3 Å². The van der Waals surface area contributed by atoms with Crippen molar-refractivity contribution in [1.82, 2.24) is 4.90 Å². The third-order valence-electron chi connectivity index (χ3n) is 3.62. The number of carbonyl (C=O) groups excluding carboxylic acids is 1. The molecule has 0 radical (unpaired) electrons. The van der Waals surface area contributed by atoms with Gasteiger partial charge in [0.05, 0.1) is 5.56 Å². The molecule has 0 unspecified atom stereocenters. The van der Waals surface area contributed by atoms with Crippen molar-refractivity contribution in [1.29, 1.82) is 0 Å². The van der Waals surface area contributed by atoms with Crippen LogP contribution in [0.4, 0.5) is 5.69 Å². The fraction of sp³-hybridized carbons (Fsp3) is 0.533. The number of hydrogen-bond donors (Lipinski definition) is 1. The van der Waals surface area contributed by atoms with Gasteiger partial charge in [-0.05, 0) is 30.9 Å². The molecule has 1 amide bonds. The molecule has 0 aliphatic heterocycles. The standard InChI is InChI=1S/C15H22N2O/c1-17(2)15(18)13-9-5-6-10-14(13)16-11-12-7-3-4-8-12/h5-6,9-10,12,16H,3-4,7-8,11H2,1-2H3. The predicted molar refractivity (Wildman–Crippen MR) is 74.9 cm³/mol. The van der Waals surface area contributed by atoms with E-state index in [1.54, 1.807) is 19.0 Å². The molecule has 1 aliphatic rings. The predicted octanol–water partition coefficient (Wildman–Crippen LogP) is 2.99. The van der Waals surface area contributed by atoms with Crippen LogP contribution in [0.25, 0.3) is 0 Å². The molecule has 1 saturated carbocycles. The Morgan fingerprint density at radius 3 is 2.61 bits per heavy atom. The van der Waals surface area contributed by atoms with Crippen LogP contribution in [-0.4, -0.2) is 31.4 Å². The fourth-order valence-corrected chi connectivity index (χ4v) is 2.53. The Hall–Kier alpha value is -1.51. The quantitative estimate of drug-likeness (QED) is 0.885. The Morgan fingerprint density at radius 2 is 1.94 bits per heavy atom. The lowest BCUT2D eigenvalue weighted by Crippen LogP contribution is -2.23. The van der Waals surface area contributed by atoms with Gasteiger partial charge < -0.3 is 10.2 Å². The van der Waals surface area contributed by atoms with Crippen LogP contribution in [-0.2, 0) is 0 Å². The van der Waals surface area contributed by atoms with Crippen molar-refractivity contribution in [2.24, 2.45) is 5.92 Å². The second kappa shape index (κ2) is 5.89. The molecule has 18 heavy (non-hydrogen) atoms. The summed E-state index contributed by atoms with van der Waals surface area (Å²) >= 11 is 0. The number of para-hydroxylation sites is 1. The lowest BCUT2D eigenvalue weighted by atomic mass is 10.1. The monoisotopic (exact) mass is 246 g/mol. The molecule has 0 aromatic heterocycles. The van der Waals surface area contributed by atoms with Gasteiger partial charge in [0.15, 0.2) is 0 Å². The molecule has 98 valence electrons. The van der Waals surface area contributed by atoms with E-state index in [2.05, 4.69) is 5.32 Å². The highest BCUT2D eigenvalue weighted by molar-refractivity contribution is 5.99. The summed E-state index contributed by atoms with van der Waals surface area (Å²) in [7, 11) is 3.58. The molecule has 1 fully saturated rings. The van der Waals surface area contributed by atoms with Gasteiger partial charge in [0, 0.05) is 26.3 Å². The molecular formula is C15H22N2O.